The maximum atomic E-state index is 12.9. The molecule has 1 saturated heterocycles. The van der Waals surface area contributed by atoms with Gasteiger partial charge in [0.25, 0.3) is 0 Å². The van der Waals surface area contributed by atoms with Gasteiger partial charge >= 0.3 is 12.0 Å². The second-order valence-corrected chi connectivity index (χ2v) is 10.2. The number of hydrogen-bond acceptors (Lipinski definition) is 6. The van der Waals surface area contributed by atoms with E-state index in [1.165, 1.54) is 29.1 Å². The molecule has 0 bridgehead atoms. The van der Waals surface area contributed by atoms with E-state index in [-0.39, 0.29) is 10.9 Å². The normalized spacial score (nSPS) is 21.2. The maximum absolute atomic E-state index is 12.9. The summed E-state index contributed by atoms with van der Waals surface area (Å²) >= 11 is 4.95. The molecular weight excluding hydrogens is 468 g/mol. The van der Waals surface area contributed by atoms with Gasteiger partial charge in [0.1, 0.15) is 5.01 Å². The summed E-state index contributed by atoms with van der Waals surface area (Å²) in [5.41, 5.74) is 1.54. The van der Waals surface area contributed by atoms with Gasteiger partial charge in [-0.15, -0.1) is 10.2 Å². The molecule has 160 valence electrons. The van der Waals surface area contributed by atoms with Crippen LogP contribution in [0.2, 0.25) is 0 Å². The van der Waals surface area contributed by atoms with Crippen LogP contribution < -0.4 is 4.90 Å². The first-order valence-electron chi connectivity index (χ1n) is 10.3. The molecule has 2 aliphatic rings. The summed E-state index contributed by atoms with van der Waals surface area (Å²) in [4.78, 5) is 29.0. The molecular formula is C21H25BrN4O3S. The van der Waals surface area contributed by atoms with E-state index >= 15 is 0 Å². The summed E-state index contributed by atoms with van der Waals surface area (Å²) in [5.74, 6) is -0.0260. The molecule has 1 aliphatic heterocycles. The fraction of sp³-hybridized carbons (Fsp3) is 0.524. The molecule has 1 aromatic heterocycles. The first-order valence-corrected chi connectivity index (χ1v) is 12.0. The Morgan fingerprint density at radius 1 is 1.20 bits per heavy atom. The van der Waals surface area contributed by atoms with Crippen LogP contribution >= 0.6 is 27.3 Å². The van der Waals surface area contributed by atoms with Crippen LogP contribution in [0.3, 0.4) is 0 Å². The van der Waals surface area contributed by atoms with Crippen LogP contribution in [0.5, 0.6) is 0 Å². The Bertz CT molecular complexity index is 911. The first-order chi connectivity index (χ1) is 14.4. The molecule has 1 aromatic carbocycles. The third-order valence-corrected chi connectivity index (χ3v) is 7.34. The number of carbonyl (C=O) groups is 2. The number of urea groups is 1. The highest BCUT2D eigenvalue weighted by Crippen LogP contribution is 2.38. The fourth-order valence-corrected chi connectivity index (χ4v) is 5.24. The zero-order valence-electron chi connectivity index (χ0n) is 17.1. The Hall–Kier alpha value is -2.00. The number of benzene rings is 1. The predicted octanol–water partition coefficient (Wildman–Crippen LogP) is 5.10. The van der Waals surface area contributed by atoms with Crippen LogP contribution in [0.15, 0.2) is 24.3 Å². The number of hydrogen-bond donors (Lipinski definition) is 0. The zero-order chi connectivity index (χ0) is 21.3. The molecule has 9 heteroatoms. The van der Waals surface area contributed by atoms with Crippen molar-refractivity contribution in [2.45, 2.75) is 56.0 Å². The number of rotatable bonds is 5. The molecule has 0 radical (unpaired) electrons. The van der Waals surface area contributed by atoms with Gasteiger partial charge in [-0.3, -0.25) is 0 Å². The molecule has 1 aliphatic carbocycles. The topological polar surface area (TPSA) is 75.6 Å². The molecule has 0 spiro atoms. The van der Waals surface area contributed by atoms with Crippen molar-refractivity contribution in [1.82, 2.24) is 15.1 Å². The predicted molar refractivity (Wildman–Crippen MR) is 119 cm³/mol. The van der Waals surface area contributed by atoms with E-state index in [1.54, 1.807) is 24.1 Å². The molecule has 2 aromatic rings. The molecule has 2 heterocycles. The van der Waals surface area contributed by atoms with Crippen molar-refractivity contribution in [3.8, 4) is 0 Å². The lowest BCUT2D eigenvalue weighted by Crippen LogP contribution is -2.54. The quantitative estimate of drug-likeness (QED) is 0.428. The van der Waals surface area contributed by atoms with Gasteiger partial charge in [-0.25, -0.2) is 14.5 Å². The average molecular weight is 493 g/mol. The molecule has 2 atom stereocenters. The minimum absolute atomic E-state index is 0.205. The van der Waals surface area contributed by atoms with Crippen molar-refractivity contribution in [3.63, 3.8) is 0 Å². The molecule has 30 heavy (non-hydrogen) atoms. The molecule has 0 N–H and O–H groups in total. The van der Waals surface area contributed by atoms with Crippen molar-refractivity contribution in [3.05, 3.63) is 40.4 Å². The number of amides is 2. The highest BCUT2D eigenvalue weighted by molar-refractivity contribution is 9.09. The van der Waals surface area contributed by atoms with Crippen LogP contribution in [0, 0.1) is 0 Å². The van der Waals surface area contributed by atoms with Gasteiger partial charge in [0.05, 0.1) is 5.56 Å². The number of alkyl halides is 1. The van der Waals surface area contributed by atoms with Crippen LogP contribution in [-0.4, -0.2) is 46.9 Å². The van der Waals surface area contributed by atoms with E-state index in [1.807, 2.05) is 19.1 Å². The lowest BCUT2D eigenvalue weighted by atomic mass is 10.1. The van der Waals surface area contributed by atoms with Crippen LogP contribution in [0.1, 0.15) is 70.7 Å². The number of halogens is 1. The third kappa shape index (κ3) is 4.37. The van der Waals surface area contributed by atoms with E-state index in [9.17, 15) is 9.59 Å². The number of carbonyl (C=O) groups excluding carboxylic acids is 2. The van der Waals surface area contributed by atoms with Gasteiger partial charge in [-0.1, -0.05) is 52.2 Å². The largest absolute Gasteiger partial charge is 0.437 e. The highest BCUT2D eigenvalue weighted by Gasteiger charge is 2.38. The summed E-state index contributed by atoms with van der Waals surface area (Å²) in [5, 5.41) is 10.1. The number of anilines is 1. The second-order valence-electron chi connectivity index (χ2n) is 7.87. The van der Waals surface area contributed by atoms with E-state index in [4.69, 9.17) is 4.74 Å². The Kier molecular flexibility index (Phi) is 6.38. The van der Waals surface area contributed by atoms with Gasteiger partial charge in [0.2, 0.25) is 5.13 Å². The summed E-state index contributed by atoms with van der Waals surface area (Å²) in [6.45, 7) is 2.54. The lowest BCUT2D eigenvalue weighted by molar-refractivity contribution is 0.0229. The van der Waals surface area contributed by atoms with E-state index in [0.29, 0.717) is 29.6 Å². The molecule has 1 saturated carbocycles. The van der Waals surface area contributed by atoms with E-state index in [2.05, 4.69) is 26.1 Å². The van der Waals surface area contributed by atoms with Gasteiger partial charge < -0.3 is 9.64 Å². The third-order valence-electron chi connectivity index (χ3n) is 5.72. The van der Waals surface area contributed by atoms with Crippen LogP contribution in [-0.2, 0) is 4.74 Å². The summed E-state index contributed by atoms with van der Waals surface area (Å²) in [7, 11) is 1.74. The number of esters is 1. The van der Waals surface area contributed by atoms with Crippen molar-refractivity contribution in [2.75, 3.05) is 18.5 Å². The fourth-order valence-electron chi connectivity index (χ4n) is 3.89. The van der Waals surface area contributed by atoms with Crippen molar-refractivity contribution in [1.29, 1.82) is 0 Å². The van der Waals surface area contributed by atoms with Gasteiger partial charge in [0.15, 0.2) is 6.23 Å². The van der Waals surface area contributed by atoms with Crippen LogP contribution in [0.4, 0.5) is 9.93 Å². The maximum Gasteiger partial charge on any atom is 0.340 e. The second kappa shape index (κ2) is 9.01. The lowest BCUT2D eigenvalue weighted by Gasteiger charge is -2.37. The SMILES string of the molecule is CC(Br)c1ccc(C(=O)OC2CCN(C)C(=O)N2c2nnc(C3CCCC3)s2)cc1. The minimum atomic E-state index is -0.694. The molecule has 7 nitrogen and oxygen atoms in total. The first kappa shape index (κ1) is 21.2. The van der Waals surface area contributed by atoms with Crippen LogP contribution in [0.25, 0.3) is 0 Å². The summed E-state index contributed by atoms with van der Waals surface area (Å²) < 4.78 is 5.76. The average Bonchev–Trinajstić information content (AvgIpc) is 3.43. The highest BCUT2D eigenvalue weighted by atomic mass is 79.9. The number of ether oxygens (including phenoxy) is 1. The van der Waals surface area contributed by atoms with E-state index < -0.39 is 12.2 Å². The number of aromatic nitrogens is 2. The standard InChI is InChI=1S/C21H25BrN4O3S/c1-13(22)14-7-9-16(10-8-14)19(27)29-17-11-12-25(2)21(28)26(17)20-24-23-18(30-20)15-5-3-4-6-15/h7-10,13,15,17H,3-6,11-12H2,1-2H3. The molecule has 2 amide bonds. The van der Waals surface area contributed by atoms with E-state index in [0.717, 1.165) is 23.4 Å². The summed E-state index contributed by atoms with van der Waals surface area (Å²) in [6, 6.07) is 7.06. The Balaban J connectivity index is 1.53. The van der Waals surface area contributed by atoms with Gasteiger partial charge in [-0.05, 0) is 37.5 Å². The zero-order valence-corrected chi connectivity index (χ0v) is 19.5. The minimum Gasteiger partial charge on any atom is -0.437 e. The van der Waals surface area contributed by atoms with Crippen molar-refractivity contribution >= 4 is 44.4 Å². The van der Waals surface area contributed by atoms with Crippen molar-refractivity contribution in [2.24, 2.45) is 0 Å². The number of nitrogens with zero attached hydrogens (tertiary/aromatic N) is 4. The van der Waals surface area contributed by atoms with Gasteiger partial charge in [-0.2, -0.15) is 0 Å². The monoisotopic (exact) mass is 492 g/mol. The smallest absolute Gasteiger partial charge is 0.340 e. The molecule has 2 unspecified atom stereocenters. The van der Waals surface area contributed by atoms with Crippen molar-refractivity contribution < 1.29 is 14.3 Å². The molecule has 2 fully saturated rings. The molecule has 4 rings (SSSR count). The Labute approximate surface area is 188 Å². The summed E-state index contributed by atoms with van der Waals surface area (Å²) in [6.07, 6.45) is 4.46. The Morgan fingerprint density at radius 2 is 1.90 bits per heavy atom. The Morgan fingerprint density at radius 3 is 2.57 bits per heavy atom. The van der Waals surface area contributed by atoms with Gasteiger partial charge in [0, 0.05) is 30.8 Å².